The number of furan rings is 1. The van der Waals surface area contributed by atoms with Gasteiger partial charge in [0.05, 0.1) is 18.6 Å². The summed E-state index contributed by atoms with van der Waals surface area (Å²) in [5.41, 5.74) is 0.359. The van der Waals surface area contributed by atoms with E-state index in [9.17, 15) is 9.59 Å². The number of aromatic carboxylic acids is 1. The Bertz CT molecular complexity index is 659. The maximum atomic E-state index is 11.9. The number of hydrogen-bond donors (Lipinski definition) is 1. The quantitative estimate of drug-likeness (QED) is 0.931. The van der Waals surface area contributed by atoms with Gasteiger partial charge < -0.3 is 9.52 Å². The highest BCUT2D eigenvalue weighted by Gasteiger charge is 2.11. The van der Waals surface area contributed by atoms with E-state index < -0.39 is 5.97 Å². The van der Waals surface area contributed by atoms with Crippen LogP contribution in [-0.4, -0.2) is 20.6 Å². The van der Waals surface area contributed by atoms with Crippen LogP contribution in [0.3, 0.4) is 0 Å². The molecule has 1 N–H and O–H groups in total. The SMILES string of the molecule is Cc1ncn(Cc2ccc(C(=O)O)o2)c(=O)c1Br. The summed E-state index contributed by atoms with van der Waals surface area (Å²) in [7, 11) is 0. The molecule has 0 saturated carbocycles. The number of aromatic nitrogens is 2. The first-order valence-electron chi connectivity index (χ1n) is 5.02. The smallest absolute Gasteiger partial charge is 0.371 e. The zero-order valence-electron chi connectivity index (χ0n) is 9.38. The molecule has 18 heavy (non-hydrogen) atoms. The molecule has 2 heterocycles. The third-order valence-electron chi connectivity index (χ3n) is 2.36. The first-order chi connectivity index (χ1) is 8.49. The first kappa shape index (κ1) is 12.6. The molecule has 0 atom stereocenters. The van der Waals surface area contributed by atoms with E-state index in [1.54, 1.807) is 6.92 Å². The Morgan fingerprint density at radius 2 is 2.28 bits per heavy atom. The van der Waals surface area contributed by atoms with Gasteiger partial charge in [-0.25, -0.2) is 9.78 Å². The third-order valence-corrected chi connectivity index (χ3v) is 3.27. The van der Waals surface area contributed by atoms with E-state index in [1.807, 2.05) is 0 Å². The van der Waals surface area contributed by atoms with Crippen LogP contribution in [0.4, 0.5) is 0 Å². The summed E-state index contributed by atoms with van der Waals surface area (Å²) in [6.07, 6.45) is 1.39. The molecule has 6 nitrogen and oxygen atoms in total. The molecule has 0 amide bonds. The number of nitrogens with zero attached hydrogens (tertiary/aromatic N) is 2. The summed E-state index contributed by atoms with van der Waals surface area (Å²) >= 11 is 3.15. The van der Waals surface area contributed by atoms with Crippen LogP contribution in [0.2, 0.25) is 0 Å². The standard InChI is InChI=1S/C11H9BrN2O4/c1-6-9(12)10(15)14(5-13-6)4-7-2-3-8(18-7)11(16)17/h2-3,5H,4H2,1H3,(H,16,17). The van der Waals surface area contributed by atoms with Crippen molar-refractivity contribution in [1.29, 1.82) is 0 Å². The highest BCUT2D eigenvalue weighted by Crippen LogP contribution is 2.10. The van der Waals surface area contributed by atoms with Crippen LogP contribution in [0.25, 0.3) is 0 Å². The van der Waals surface area contributed by atoms with Crippen LogP contribution < -0.4 is 5.56 Å². The van der Waals surface area contributed by atoms with Gasteiger partial charge >= 0.3 is 5.97 Å². The van der Waals surface area contributed by atoms with Crippen molar-refractivity contribution in [3.63, 3.8) is 0 Å². The Labute approximate surface area is 110 Å². The number of carbonyl (C=O) groups is 1. The summed E-state index contributed by atoms with van der Waals surface area (Å²) in [6.45, 7) is 1.85. The summed E-state index contributed by atoms with van der Waals surface area (Å²) in [5.74, 6) is -0.916. The number of halogens is 1. The fourth-order valence-electron chi connectivity index (χ4n) is 1.40. The van der Waals surface area contributed by atoms with Gasteiger partial charge in [0.1, 0.15) is 10.2 Å². The van der Waals surface area contributed by atoms with Gasteiger partial charge in [-0.2, -0.15) is 0 Å². The van der Waals surface area contributed by atoms with Gasteiger partial charge in [0.25, 0.3) is 5.56 Å². The van der Waals surface area contributed by atoms with Gasteiger partial charge in [-0.15, -0.1) is 0 Å². The molecular formula is C11H9BrN2O4. The zero-order chi connectivity index (χ0) is 13.3. The Morgan fingerprint density at radius 3 is 2.89 bits per heavy atom. The summed E-state index contributed by atoms with van der Waals surface area (Å²) in [4.78, 5) is 26.5. The van der Waals surface area contributed by atoms with Gasteiger partial charge in [-0.3, -0.25) is 9.36 Å². The maximum absolute atomic E-state index is 11.9. The Morgan fingerprint density at radius 1 is 1.56 bits per heavy atom. The lowest BCUT2D eigenvalue weighted by Gasteiger charge is -2.04. The van der Waals surface area contributed by atoms with Crippen molar-refractivity contribution in [3.8, 4) is 0 Å². The average Bonchev–Trinajstić information content (AvgIpc) is 2.79. The molecule has 0 fully saturated rings. The molecule has 0 spiro atoms. The molecule has 2 aromatic heterocycles. The van der Waals surface area contributed by atoms with Crippen LogP contribution in [0.15, 0.2) is 32.1 Å². The molecule has 0 saturated heterocycles. The maximum Gasteiger partial charge on any atom is 0.371 e. The summed E-state index contributed by atoms with van der Waals surface area (Å²) < 4.78 is 6.79. The van der Waals surface area contributed by atoms with Gasteiger partial charge in [0.2, 0.25) is 5.76 Å². The second kappa shape index (κ2) is 4.77. The lowest BCUT2D eigenvalue weighted by molar-refractivity contribution is 0.0660. The average molecular weight is 313 g/mol. The molecule has 0 radical (unpaired) electrons. The molecule has 0 unspecified atom stereocenters. The van der Waals surface area contributed by atoms with Crippen molar-refractivity contribution >= 4 is 21.9 Å². The highest BCUT2D eigenvalue weighted by molar-refractivity contribution is 9.10. The minimum atomic E-state index is -1.14. The van der Waals surface area contributed by atoms with Crippen molar-refractivity contribution in [2.45, 2.75) is 13.5 Å². The predicted molar refractivity (Wildman–Crippen MR) is 65.7 cm³/mol. The number of carboxylic acid groups (broad SMARTS) is 1. The second-order valence-corrected chi connectivity index (χ2v) is 4.44. The van der Waals surface area contributed by atoms with Crippen LogP contribution in [0, 0.1) is 6.92 Å². The van der Waals surface area contributed by atoms with E-state index >= 15 is 0 Å². The van der Waals surface area contributed by atoms with E-state index in [0.29, 0.717) is 15.9 Å². The summed E-state index contributed by atoms with van der Waals surface area (Å²) in [6, 6.07) is 2.86. The minimum Gasteiger partial charge on any atom is -0.475 e. The number of aryl methyl sites for hydroxylation is 1. The molecule has 2 rings (SSSR count). The van der Waals surface area contributed by atoms with Crippen molar-refractivity contribution in [3.05, 3.63) is 50.5 Å². The molecule has 0 aromatic carbocycles. The van der Waals surface area contributed by atoms with Crippen LogP contribution in [0.1, 0.15) is 22.0 Å². The number of carboxylic acids is 1. The van der Waals surface area contributed by atoms with Gasteiger partial charge in [0.15, 0.2) is 0 Å². The fraction of sp³-hybridized carbons (Fsp3) is 0.182. The number of hydrogen-bond acceptors (Lipinski definition) is 4. The molecule has 7 heteroatoms. The molecule has 0 aliphatic rings. The Balaban J connectivity index is 2.31. The van der Waals surface area contributed by atoms with Crippen molar-refractivity contribution in [2.24, 2.45) is 0 Å². The van der Waals surface area contributed by atoms with Crippen LogP contribution >= 0.6 is 15.9 Å². The van der Waals surface area contributed by atoms with E-state index in [-0.39, 0.29) is 17.9 Å². The Hall–Kier alpha value is -1.89. The lowest BCUT2D eigenvalue weighted by Crippen LogP contribution is -2.22. The molecule has 94 valence electrons. The lowest BCUT2D eigenvalue weighted by atomic mass is 10.4. The fourth-order valence-corrected chi connectivity index (χ4v) is 1.73. The van der Waals surface area contributed by atoms with Gasteiger partial charge in [-0.05, 0) is 35.0 Å². The van der Waals surface area contributed by atoms with Crippen molar-refractivity contribution in [1.82, 2.24) is 9.55 Å². The summed E-state index contributed by atoms with van der Waals surface area (Å²) in [5, 5.41) is 8.72. The first-order valence-corrected chi connectivity index (χ1v) is 5.82. The predicted octanol–water partition coefficient (Wildman–Crippen LogP) is 1.65. The zero-order valence-corrected chi connectivity index (χ0v) is 11.0. The monoisotopic (exact) mass is 312 g/mol. The molecule has 0 bridgehead atoms. The number of rotatable bonds is 3. The van der Waals surface area contributed by atoms with Crippen molar-refractivity contribution in [2.75, 3.05) is 0 Å². The van der Waals surface area contributed by atoms with E-state index in [1.165, 1.54) is 23.0 Å². The van der Waals surface area contributed by atoms with E-state index in [0.717, 1.165) is 0 Å². The molecular weight excluding hydrogens is 304 g/mol. The van der Waals surface area contributed by atoms with Crippen LogP contribution in [-0.2, 0) is 6.54 Å². The molecule has 2 aromatic rings. The van der Waals surface area contributed by atoms with E-state index in [2.05, 4.69) is 20.9 Å². The van der Waals surface area contributed by atoms with Gasteiger partial charge in [0, 0.05) is 0 Å². The topological polar surface area (TPSA) is 85.3 Å². The van der Waals surface area contributed by atoms with Gasteiger partial charge in [-0.1, -0.05) is 0 Å². The third kappa shape index (κ3) is 2.35. The minimum absolute atomic E-state index is 0.137. The normalized spacial score (nSPS) is 10.6. The Kier molecular flexibility index (Phi) is 3.33. The second-order valence-electron chi connectivity index (χ2n) is 3.65. The molecule has 0 aliphatic carbocycles. The van der Waals surface area contributed by atoms with E-state index in [4.69, 9.17) is 9.52 Å². The molecule has 0 aliphatic heterocycles. The largest absolute Gasteiger partial charge is 0.475 e. The highest BCUT2D eigenvalue weighted by atomic mass is 79.9. The van der Waals surface area contributed by atoms with Crippen LogP contribution in [0.5, 0.6) is 0 Å². The van der Waals surface area contributed by atoms with Crippen molar-refractivity contribution < 1.29 is 14.3 Å².